The third-order valence-electron chi connectivity index (χ3n) is 2.69. The minimum atomic E-state index is -0.254. The van der Waals surface area contributed by atoms with Gasteiger partial charge in [-0.15, -0.1) is 0 Å². The van der Waals surface area contributed by atoms with Crippen molar-refractivity contribution in [2.24, 2.45) is 0 Å². The molecule has 1 atom stereocenters. The van der Waals surface area contributed by atoms with Crippen molar-refractivity contribution >= 4 is 11.8 Å². The summed E-state index contributed by atoms with van der Waals surface area (Å²) in [6.07, 6.45) is 1.90. The zero-order valence-corrected chi connectivity index (χ0v) is 15.3. The maximum atomic E-state index is 12.0. The molecule has 2 amide bonds. The van der Waals surface area contributed by atoms with Crippen molar-refractivity contribution in [1.82, 2.24) is 10.6 Å². The largest absolute Gasteiger partial charge is 0.378 e. The van der Waals surface area contributed by atoms with Gasteiger partial charge in [-0.3, -0.25) is 9.59 Å². The van der Waals surface area contributed by atoms with E-state index in [0.717, 1.165) is 6.42 Å². The van der Waals surface area contributed by atoms with Crippen molar-refractivity contribution in [3.8, 4) is 0 Å². The van der Waals surface area contributed by atoms with Crippen molar-refractivity contribution in [2.45, 2.75) is 91.3 Å². The first-order valence-electron chi connectivity index (χ1n) is 8.16. The van der Waals surface area contributed by atoms with E-state index in [-0.39, 0.29) is 29.0 Å². The lowest BCUT2D eigenvalue weighted by Gasteiger charge is -2.24. The van der Waals surface area contributed by atoms with Crippen LogP contribution in [0, 0.1) is 0 Å². The fourth-order valence-electron chi connectivity index (χ4n) is 1.98. The number of ether oxygens (including phenoxy) is 1. The Morgan fingerprint density at radius 2 is 1.45 bits per heavy atom. The lowest BCUT2D eigenvalue weighted by Crippen LogP contribution is -2.43. The maximum Gasteiger partial charge on any atom is 0.223 e. The van der Waals surface area contributed by atoms with Crippen LogP contribution in [0.2, 0.25) is 0 Å². The summed E-state index contributed by atoms with van der Waals surface area (Å²) >= 11 is 0. The van der Waals surface area contributed by atoms with Crippen LogP contribution in [0.15, 0.2) is 0 Å². The zero-order chi connectivity index (χ0) is 17.4. The molecule has 0 saturated heterocycles. The van der Waals surface area contributed by atoms with E-state index >= 15 is 0 Å². The molecule has 0 aromatic heterocycles. The molecule has 5 nitrogen and oxygen atoms in total. The molecule has 0 aliphatic carbocycles. The molecule has 130 valence electrons. The van der Waals surface area contributed by atoms with Gasteiger partial charge in [0.2, 0.25) is 11.8 Å². The minimum absolute atomic E-state index is 0.00571. The monoisotopic (exact) mass is 314 g/mol. The summed E-state index contributed by atoms with van der Waals surface area (Å²) in [7, 11) is 0. The molecular formula is C17H34N2O3. The highest BCUT2D eigenvalue weighted by Gasteiger charge is 2.21. The number of hydrogen-bond acceptors (Lipinski definition) is 3. The predicted octanol–water partition coefficient (Wildman–Crippen LogP) is 2.78. The summed E-state index contributed by atoms with van der Waals surface area (Å²) in [5, 5.41) is 5.86. The molecule has 0 saturated carbocycles. The standard InChI is InChI=1S/C17H34N2O3/c1-8-11-22-13(12-15(21)19-17(5,6)7)9-10-14(20)18-16(2,3)4/h13H,8-12H2,1-7H3,(H,18,20)(H,19,21)/t13-/m0/s1. The average molecular weight is 314 g/mol. The van der Waals surface area contributed by atoms with Crippen LogP contribution in [-0.2, 0) is 14.3 Å². The molecule has 5 heteroatoms. The summed E-state index contributed by atoms with van der Waals surface area (Å²) in [4.78, 5) is 23.9. The van der Waals surface area contributed by atoms with Crippen molar-refractivity contribution in [3.63, 3.8) is 0 Å². The molecule has 22 heavy (non-hydrogen) atoms. The Labute approximate surface area is 135 Å². The Balaban J connectivity index is 4.39. The van der Waals surface area contributed by atoms with Crippen LogP contribution >= 0.6 is 0 Å². The van der Waals surface area contributed by atoms with Crippen LogP contribution in [0.3, 0.4) is 0 Å². The summed E-state index contributed by atoms with van der Waals surface area (Å²) < 4.78 is 5.72. The van der Waals surface area contributed by atoms with E-state index in [1.54, 1.807) is 0 Å². The number of hydrogen-bond donors (Lipinski definition) is 2. The zero-order valence-electron chi connectivity index (χ0n) is 15.3. The summed E-state index contributed by atoms with van der Waals surface area (Å²) in [6.45, 7) is 14.3. The van der Waals surface area contributed by atoms with Gasteiger partial charge < -0.3 is 15.4 Å². The normalized spacial score (nSPS) is 13.6. The Kier molecular flexibility index (Phi) is 8.68. The fraction of sp³-hybridized carbons (Fsp3) is 0.882. The second kappa shape index (κ2) is 9.13. The molecule has 0 radical (unpaired) electrons. The summed E-state index contributed by atoms with van der Waals surface area (Å²) in [5.41, 5.74) is -0.490. The van der Waals surface area contributed by atoms with Gasteiger partial charge in [-0.05, 0) is 54.4 Å². The fourth-order valence-corrected chi connectivity index (χ4v) is 1.98. The van der Waals surface area contributed by atoms with Crippen LogP contribution < -0.4 is 10.6 Å². The smallest absolute Gasteiger partial charge is 0.223 e. The van der Waals surface area contributed by atoms with Crippen molar-refractivity contribution in [3.05, 3.63) is 0 Å². The van der Waals surface area contributed by atoms with Crippen LogP contribution in [0.4, 0.5) is 0 Å². The molecule has 0 heterocycles. The van der Waals surface area contributed by atoms with Crippen LogP contribution in [-0.4, -0.2) is 35.6 Å². The van der Waals surface area contributed by atoms with Crippen molar-refractivity contribution < 1.29 is 14.3 Å². The van der Waals surface area contributed by atoms with Crippen molar-refractivity contribution in [2.75, 3.05) is 6.61 Å². The molecule has 0 rings (SSSR count). The van der Waals surface area contributed by atoms with Gasteiger partial charge in [0, 0.05) is 24.1 Å². The number of carbonyl (C=O) groups excluding carboxylic acids is 2. The molecule has 0 unspecified atom stereocenters. The highest BCUT2D eigenvalue weighted by molar-refractivity contribution is 5.78. The summed E-state index contributed by atoms with van der Waals surface area (Å²) in [6, 6.07) is 0. The molecule has 0 spiro atoms. The minimum Gasteiger partial charge on any atom is -0.378 e. The molecular weight excluding hydrogens is 280 g/mol. The Morgan fingerprint density at radius 3 is 1.91 bits per heavy atom. The van der Waals surface area contributed by atoms with Gasteiger partial charge in [0.1, 0.15) is 0 Å². The van der Waals surface area contributed by atoms with Gasteiger partial charge in [0.15, 0.2) is 0 Å². The second-order valence-corrected chi connectivity index (χ2v) is 7.83. The quantitative estimate of drug-likeness (QED) is 0.724. The molecule has 0 aromatic carbocycles. The van der Waals surface area contributed by atoms with Gasteiger partial charge in [-0.25, -0.2) is 0 Å². The van der Waals surface area contributed by atoms with Gasteiger partial charge in [0.25, 0.3) is 0 Å². The maximum absolute atomic E-state index is 12.0. The second-order valence-electron chi connectivity index (χ2n) is 7.83. The topological polar surface area (TPSA) is 67.4 Å². The average Bonchev–Trinajstić information content (AvgIpc) is 2.28. The van der Waals surface area contributed by atoms with E-state index in [0.29, 0.717) is 25.9 Å². The highest BCUT2D eigenvalue weighted by Crippen LogP contribution is 2.11. The highest BCUT2D eigenvalue weighted by atomic mass is 16.5. The number of rotatable bonds is 8. The lowest BCUT2D eigenvalue weighted by atomic mass is 10.1. The third-order valence-corrected chi connectivity index (χ3v) is 2.69. The SMILES string of the molecule is CCCO[C@@H](CCC(=O)NC(C)(C)C)CC(=O)NC(C)(C)C. The first kappa shape index (κ1) is 20.9. The van der Waals surface area contributed by atoms with E-state index in [1.807, 2.05) is 48.5 Å². The summed E-state index contributed by atoms with van der Waals surface area (Å²) in [5.74, 6) is -0.0429. The van der Waals surface area contributed by atoms with E-state index in [4.69, 9.17) is 4.74 Å². The molecule has 0 aromatic rings. The first-order valence-corrected chi connectivity index (χ1v) is 8.16. The van der Waals surface area contributed by atoms with E-state index in [2.05, 4.69) is 10.6 Å². The van der Waals surface area contributed by atoms with Gasteiger partial charge >= 0.3 is 0 Å². The molecule has 0 fully saturated rings. The van der Waals surface area contributed by atoms with E-state index in [9.17, 15) is 9.59 Å². The van der Waals surface area contributed by atoms with Crippen molar-refractivity contribution in [1.29, 1.82) is 0 Å². The van der Waals surface area contributed by atoms with E-state index < -0.39 is 0 Å². The third kappa shape index (κ3) is 12.6. The molecule has 0 bridgehead atoms. The Bertz CT molecular complexity index is 354. The van der Waals surface area contributed by atoms with Gasteiger partial charge in [-0.2, -0.15) is 0 Å². The number of amides is 2. The number of carbonyl (C=O) groups is 2. The molecule has 0 aliphatic heterocycles. The molecule has 2 N–H and O–H groups in total. The van der Waals surface area contributed by atoms with Crippen LogP contribution in [0.25, 0.3) is 0 Å². The number of nitrogens with one attached hydrogen (secondary N) is 2. The predicted molar refractivity (Wildman–Crippen MR) is 89.7 cm³/mol. The first-order chi connectivity index (χ1) is 9.93. The Hall–Kier alpha value is -1.10. The van der Waals surface area contributed by atoms with Crippen LogP contribution in [0.1, 0.15) is 74.1 Å². The Morgan fingerprint density at radius 1 is 0.955 bits per heavy atom. The van der Waals surface area contributed by atoms with E-state index in [1.165, 1.54) is 0 Å². The molecule has 0 aliphatic rings. The lowest BCUT2D eigenvalue weighted by molar-refractivity contribution is -0.127. The van der Waals surface area contributed by atoms with Crippen LogP contribution in [0.5, 0.6) is 0 Å². The van der Waals surface area contributed by atoms with Gasteiger partial charge in [-0.1, -0.05) is 6.92 Å². The van der Waals surface area contributed by atoms with Gasteiger partial charge in [0.05, 0.1) is 12.5 Å².